The summed E-state index contributed by atoms with van der Waals surface area (Å²) < 4.78 is 32.8. The average molecular weight is 357 g/mol. The molecule has 0 fully saturated rings. The zero-order valence-corrected chi connectivity index (χ0v) is 12.3. The quantitative estimate of drug-likeness (QED) is 0.381. The first-order chi connectivity index (χ1) is 10.0. The number of oxime groups is 1. The molecule has 2 aromatic carbocycles. The third kappa shape index (κ3) is 3.69. The van der Waals surface area contributed by atoms with E-state index in [1.54, 1.807) is 6.07 Å². The van der Waals surface area contributed by atoms with Crippen LogP contribution >= 0.6 is 15.9 Å². The van der Waals surface area contributed by atoms with Crippen molar-refractivity contribution in [2.75, 3.05) is 0 Å². The molecule has 2 rings (SSSR count). The van der Waals surface area contributed by atoms with E-state index in [9.17, 15) is 8.78 Å². The van der Waals surface area contributed by atoms with Gasteiger partial charge in [0, 0.05) is 17.2 Å². The monoisotopic (exact) mass is 356 g/mol. The van der Waals surface area contributed by atoms with Gasteiger partial charge in [-0.3, -0.25) is 0 Å². The Kier molecular flexibility index (Phi) is 4.74. The van der Waals surface area contributed by atoms with E-state index in [1.165, 1.54) is 24.3 Å². The van der Waals surface area contributed by atoms with E-state index in [-0.39, 0.29) is 29.3 Å². The lowest BCUT2D eigenvalue weighted by Crippen LogP contribution is -2.13. The molecule has 0 spiro atoms. The van der Waals surface area contributed by atoms with Crippen molar-refractivity contribution in [3.8, 4) is 5.75 Å². The fourth-order valence-corrected chi connectivity index (χ4v) is 1.86. The molecule has 0 atom stereocenters. The van der Waals surface area contributed by atoms with Crippen LogP contribution in [0.3, 0.4) is 0 Å². The molecular weight excluding hydrogens is 346 g/mol. The molecule has 0 unspecified atom stereocenters. The largest absolute Gasteiger partial charge is 0.489 e. The number of ether oxygens (including phenoxy) is 1. The molecule has 4 nitrogen and oxygen atoms in total. The van der Waals surface area contributed by atoms with Crippen LogP contribution in [0.5, 0.6) is 5.75 Å². The van der Waals surface area contributed by atoms with E-state index < -0.39 is 11.6 Å². The molecule has 0 aromatic heterocycles. The Morgan fingerprint density at radius 2 is 1.95 bits per heavy atom. The van der Waals surface area contributed by atoms with Crippen LogP contribution in [0.4, 0.5) is 8.78 Å². The Labute approximate surface area is 128 Å². The Bertz CT molecular complexity index is 693. The summed E-state index contributed by atoms with van der Waals surface area (Å²) in [6.07, 6.45) is 0. The minimum absolute atomic E-state index is 0.0661. The van der Waals surface area contributed by atoms with E-state index in [0.717, 1.165) is 6.07 Å². The lowest BCUT2D eigenvalue weighted by atomic mass is 10.1. The third-order valence-electron chi connectivity index (χ3n) is 2.74. The van der Waals surface area contributed by atoms with Crippen LogP contribution in [0.1, 0.15) is 11.1 Å². The van der Waals surface area contributed by atoms with Crippen molar-refractivity contribution in [1.82, 2.24) is 0 Å². The highest BCUT2D eigenvalue weighted by atomic mass is 79.9. The summed E-state index contributed by atoms with van der Waals surface area (Å²) in [5.74, 6) is -0.918. The third-order valence-corrected chi connectivity index (χ3v) is 3.39. The van der Waals surface area contributed by atoms with Crippen molar-refractivity contribution in [3.05, 3.63) is 63.6 Å². The van der Waals surface area contributed by atoms with Gasteiger partial charge < -0.3 is 15.7 Å². The van der Waals surface area contributed by atoms with E-state index in [1.807, 2.05) is 0 Å². The maximum absolute atomic E-state index is 13.8. The molecule has 21 heavy (non-hydrogen) atoms. The predicted octanol–water partition coefficient (Wildman–Crippen LogP) is 3.40. The molecular formula is C14H11BrF2N2O2. The summed E-state index contributed by atoms with van der Waals surface area (Å²) in [7, 11) is 0. The van der Waals surface area contributed by atoms with Crippen LogP contribution in [0.25, 0.3) is 0 Å². The van der Waals surface area contributed by atoms with Gasteiger partial charge >= 0.3 is 0 Å². The van der Waals surface area contributed by atoms with Crippen molar-refractivity contribution < 1.29 is 18.7 Å². The second-order valence-electron chi connectivity index (χ2n) is 4.16. The molecule has 0 saturated heterocycles. The fraction of sp³-hybridized carbons (Fsp3) is 0.0714. The Hall–Kier alpha value is -2.15. The Balaban J connectivity index is 2.11. The Morgan fingerprint density at radius 3 is 2.57 bits per heavy atom. The molecule has 0 heterocycles. The van der Waals surface area contributed by atoms with Gasteiger partial charge in [0.05, 0.1) is 4.47 Å². The number of hydrogen-bond donors (Lipinski definition) is 2. The highest BCUT2D eigenvalue weighted by molar-refractivity contribution is 9.10. The maximum Gasteiger partial charge on any atom is 0.170 e. The zero-order chi connectivity index (χ0) is 15.4. The number of amidine groups is 1. The molecule has 0 saturated carbocycles. The Morgan fingerprint density at radius 1 is 1.19 bits per heavy atom. The van der Waals surface area contributed by atoms with Gasteiger partial charge in [0.25, 0.3) is 0 Å². The molecule has 0 bridgehead atoms. The highest BCUT2D eigenvalue weighted by Crippen LogP contribution is 2.22. The minimum atomic E-state index is -0.559. The number of nitrogens with zero attached hydrogens (tertiary/aromatic N) is 1. The van der Waals surface area contributed by atoms with Gasteiger partial charge in [-0.25, -0.2) is 8.78 Å². The van der Waals surface area contributed by atoms with Crippen LogP contribution in [0.2, 0.25) is 0 Å². The van der Waals surface area contributed by atoms with Crippen LogP contribution < -0.4 is 10.5 Å². The minimum Gasteiger partial charge on any atom is -0.489 e. The van der Waals surface area contributed by atoms with Crippen LogP contribution in [0, 0.1) is 11.6 Å². The van der Waals surface area contributed by atoms with Crippen molar-refractivity contribution in [2.24, 2.45) is 10.9 Å². The normalized spacial score (nSPS) is 11.5. The molecule has 0 radical (unpaired) electrons. The van der Waals surface area contributed by atoms with Crippen molar-refractivity contribution >= 4 is 21.8 Å². The lowest BCUT2D eigenvalue weighted by molar-refractivity contribution is 0.298. The maximum atomic E-state index is 13.8. The lowest BCUT2D eigenvalue weighted by Gasteiger charge is -2.09. The molecule has 110 valence electrons. The standard InChI is InChI=1S/C14H11BrF2N2O2/c15-11-4-3-10(6-13(11)17)21-7-9-2-1-8(5-12(9)16)14(18)19-20/h1-6,20H,7H2,(H2,18,19). The van der Waals surface area contributed by atoms with Crippen molar-refractivity contribution in [3.63, 3.8) is 0 Å². The van der Waals surface area contributed by atoms with Crippen LogP contribution in [0.15, 0.2) is 46.0 Å². The van der Waals surface area contributed by atoms with Gasteiger partial charge in [0.2, 0.25) is 0 Å². The first-order valence-electron chi connectivity index (χ1n) is 5.85. The van der Waals surface area contributed by atoms with Gasteiger partial charge in [-0.05, 0) is 34.1 Å². The molecule has 3 N–H and O–H groups in total. The molecule has 0 aliphatic rings. The van der Waals surface area contributed by atoms with E-state index in [0.29, 0.717) is 4.47 Å². The summed E-state index contributed by atoms with van der Waals surface area (Å²) in [5.41, 5.74) is 5.89. The number of hydrogen-bond acceptors (Lipinski definition) is 3. The second kappa shape index (κ2) is 6.53. The summed E-state index contributed by atoms with van der Waals surface area (Å²) >= 11 is 3.03. The topological polar surface area (TPSA) is 67.8 Å². The molecule has 0 amide bonds. The van der Waals surface area contributed by atoms with Gasteiger partial charge in [0.1, 0.15) is 24.0 Å². The molecule has 0 aliphatic carbocycles. The number of rotatable bonds is 4. The predicted molar refractivity (Wildman–Crippen MR) is 77.3 cm³/mol. The second-order valence-corrected chi connectivity index (χ2v) is 5.01. The van der Waals surface area contributed by atoms with Gasteiger partial charge in [0.15, 0.2) is 5.84 Å². The first-order valence-corrected chi connectivity index (χ1v) is 6.64. The number of nitrogens with two attached hydrogens (primary N) is 1. The SMILES string of the molecule is NC(=NO)c1ccc(COc2ccc(Br)c(F)c2)c(F)c1. The van der Waals surface area contributed by atoms with Gasteiger partial charge in [-0.15, -0.1) is 0 Å². The van der Waals surface area contributed by atoms with Gasteiger partial charge in [-0.1, -0.05) is 17.3 Å². The number of halogens is 3. The molecule has 2 aromatic rings. The smallest absolute Gasteiger partial charge is 0.170 e. The van der Waals surface area contributed by atoms with Gasteiger partial charge in [-0.2, -0.15) is 0 Å². The first kappa shape index (κ1) is 15.2. The van der Waals surface area contributed by atoms with Crippen LogP contribution in [-0.2, 0) is 6.61 Å². The van der Waals surface area contributed by atoms with E-state index >= 15 is 0 Å². The zero-order valence-electron chi connectivity index (χ0n) is 10.7. The summed E-state index contributed by atoms with van der Waals surface area (Å²) in [6, 6.07) is 8.36. The van der Waals surface area contributed by atoms with E-state index in [2.05, 4.69) is 21.1 Å². The van der Waals surface area contributed by atoms with E-state index in [4.69, 9.17) is 15.7 Å². The summed E-state index contributed by atoms with van der Waals surface area (Å²) in [6.45, 7) is -0.0661. The van der Waals surface area contributed by atoms with Crippen LogP contribution in [-0.4, -0.2) is 11.0 Å². The number of benzene rings is 2. The van der Waals surface area contributed by atoms with Crippen molar-refractivity contribution in [2.45, 2.75) is 6.61 Å². The fourth-order valence-electron chi connectivity index (χ4n) is 1.61. The highest BCUT2D eigenvalue weighted by Gasteiger charge is 2.08. The summed E-state index contributed by atoms with van der Waals surface area (Å²) in [5, 5.41) is 11.3. The van der Waals surface area contributed by atoms with Crippen molar-refractivity contribution in [1.29, 1.82) is 0 Å². The summed E-state index contributed by atoms with van der Waals surface area (Å²) in [4.78, 5) is 0. The molecule has 7 heteroatoms. The average Bonchev–Trinajstić information content (AvgIpc) is 2.48. The molecule has 0 aliphatic heterocycles.